The minimum absolute atomic E-state index is 0.607. The first-order valence-corrected chi connectivity index (χ1v) is 7.84. The van der Waals surface area contributed by atoms with Crippen molar-refractivity contribution < 1.29 is 8.95 Å². The summed E-state index contributed by atoms with van der Waals surface area (Å²) in [7, 11) is 0.766. The third-order valence-corrected chi connectivity index (χ3v) is 3.66. The molecule has 1 atom stereocenters. The molecular weight excluding hydrogens is 278 g/mol. The Bertz CT molecular complexity index is 614. The second-order valence-corrected chi connectivity index (χ2v) is 5.87. The largest absolute Gasteiger partial charge is 0.496 e. The van der Waals surface area contributed by atoms with Crippen LogP contribution in [0.3, 0.4) is 0 Å². The van der Waals surface area contributed by atoms with Gasteiger partial charge in [-0.1, -0.05) is 0 Å². The summed E-state index contributed by atoms with van der Waals surface area (Å²) in [6.45, 7) is 0.607. The first-order chi connectivity index (χ1) is 9.61. The number of aromatic nitrogens is 4. The molecule has 1 heterocycles. The molecule has 0 aliphatic heterocycles. The number of nitrogens with zero attached hydrogens (tertiary/aromatic N) is 4. The molecule has 1 aromatic carbocycles. The van der Waals surface area contributed by atoms with Gasteiger partial charge in [0.05, 0.1) is 12.7 Å². The van der Waals surface area contributed by atoms with Crippen molar-refractivity contribution in [1.29, 1.82) is 0 Å². The van der Waals surface area contributed by atoms with Gasteiger partial charge in [0.15, 0.2) is 5.82 Å². The van der Waals surface area contributed by atoms with Gasteiger partial charge in [0.2, 0.25) is 0 Å². The molecule has 1 unspecified atom stereocenters. The number of aryl methyl sites for hydroxylation is 1. The van der Waals surface area contributed by atoms with Crippen molar-refractivity contribution in [3.05, 3.63) is 18.2 Å². The van der Waals surface area contributed by atoms with Gasteiger partial charge in [-0.25, -0.2) is 4.68 Å². The van der Waals surface area contributed by atoms with E-state index in [4.69, 9.17) is 10.5 Å². The van der Waals surface area contributed by atoms with Gasteiger partial charge in [-0.05, 0) is 29.0 Å². The molecule has 0 aliphatic rings. The van der Waals surface area contributed by atoms with Crippen molar-refractivity contribution in [2.75, 3.05) is 24.9 Å². The Kier molecular flexibility index (Phi) is 4.67. The molecule has 8 heteroatoms. The number of nitrogen functional groups attached to an aromatic ring is 1. The fraction of sp³-hybridized carbons (Fsp3) is 0.417. The summed E-state index contributed by atoms with van der Waals surface area (Å²) in [5.74, 6) is 1.86. The summed E-state index contributed by atoms with van der Waals surface area (Å²) in [6, 6.07) is 5.34. The molecule has 0 bridgehead atoms. The van der Waals surface area contributed by atoms with Crippen LogP contribution in [-0.4, -0.2) is 43.5 Å². The summed E-state index contributed by atoms with van der Waals surface area (Å²) in [4.78, 5) is 0. The highest BCUT2D eigenvalue weighted by atomic mass is 32.2. The van der Waals surface area contributed by atoms with Crippen LogP contribution >= 0.6 is 0 Å². The first-order valence-electron chi connectivity index (χ1n) is 6.12. The molecule has 1 aromatic heterocycles. The van der Waals surface area contributed by atoms with Crippen LogP contribution in [0.15, 0.2) is 18.2 Å². The van der Waals surface area contributed by atoms with E-state index in [1.165, 1.54) is 0 Å². The topological polar surface area (TPSA) is 95.9 Å². The van der Waals surface area contributed by atoms with Gasteiger partial charge >= 0.3 is 0 Å². The maximum Gasteiger partial charge on any atom is 0.185 e. The zero-order chi connectivity index (χ0) is 14.5. The molecule has 7 nitrogen and oxygen atoms in total. The third-order valence-electron chi connectivity index (χ3n) is 2.80. The van der Waals surface area contributed by atoms with E-state index in [0.29, 0.717) is 29.6 Å². The fourth-order valence-electron chi connectivity index (χ4n) is 1.86. The second-order valence-electron chi connectivity index (χ2n) is 4.32. The Morgan fingerprint density at radius 3 is 2.95 bits per heavy atom. The summed E-state index contributed by atoms with van der Waals surface area (Å²) >= 11 is 0. The monoisotopic (exact) mass is 295 g/mol. The lowest BCUT2D eigenvalue weighted by molar-refractivity contribution is 0.416. The molecule has 0 aliphatic carbocycles. The Hall–Kier alpha value is -1.96. The lowest BCUT2D eigenvalue weighted by Crippen LogP contribution is -2.07. The fourth-order valence-corrected chi connectivity index (χ4v) is 2.39. The van der Waals surface area contributed by atoms with E-state index in [1.807, 2.05) is 6.07 Å². The maximum atomic E-state index is 11.1. The quantitative estimate of drug-likeness (QED) is 0.788. The predicted octanol–water partition coefficient (Wildman–Crippen LogP) is 0.699. The molecule has 0 fully saturated rings. The first kappa shape index (κ1) is 14.4. The van der Waals surface area contributed by atoms with Gasteiger partial charge in [0.25, 0.3) is 0 Å². The zero-order valence-electron chi connectivity index (χ0n) is 11.4. The van der Waals surface area contributed by atoms with Crippen LogP contribution in [0.5, 0.6) is 5.75 Å². The number of nitrogens with two attached hydrogens (primary N) is 1. The minimum atomic E-state index is -0.810. The smallest absolute Gasteiger partial charge is 0.185 e. The van der Waals surface area contributed by atoms with Crippen molar-refractivity contribution in [3.8, 4) is 17.1 Å². The van der Waals surface area contributed by atoms with E-state index < -0.39 is 10.8 Å². The van der Waals surface area contributed by atoms with Crippen LogP contribution in [0, 0.1) is 0 Å². The predicted molar refractivity (Wildman–Crippen MR) is 77.8 cm³/mol. The molecule has 108 valence electrons. The van der Waals surface area contributed by atoms with Crippen molar-refractivity contribution in [3.63, 3.8) is 0 Å². The van der Waals surface area contributed by atoms with Crippen molar-refractivity contribution in [2.45, 2.75) is 13.0 Å². The molecule has 2 aromatic rings. The highest BCUT2D eigenvalue weighted by Gasteiger charge is 2.14. The second kappa shape index (κ2) is 6.47. The van der Waals surface area contributed by atoms with Gasteiger partial charge in [-0.3, -0.25) is 4.21 Å². The van der Waals surface area contributed by atoms with E-state index >= 15 is 0 Å². The number of tetrazole rings is 1. The maximum absolute atomic E-state index is 11.1. The van der Waals surface area contributed by atoms with Gasteiger partial charge in [-0.15, -0.1) is 5.10 Å². The highest BCUT2D eigenvalue weighted by molar-refractivity contribution is 7.84. The van der Waals surface area contributed by atoms with Gasteiger partial charge < -0.3 is 10.5 Å². The van der Waals surface area contributed by atoms with Crippen LogP contribution in [0.2, 0.25) is 0 Å². The van der Waals surface area contributed by atoms with Gasteiger partial charge in [-0.2, -0.15) is 0 Å². The molecular formula is C12H17N5O2S. The average molecular weight is 295 g/mol. The Balaban J connectivity index is 2.25. The standard InChI is InChI=1S/C12H17N5O2S/c1-19-11-8-9(13)4-5-10(11)12-14-15-16-17(12)6-3-7-20(2)18/h4-5,8H,3,6-7,13H2,1-2H3. The summed E-state index contributed by atoms with van der Waals surface area (Å²) in [5, 5.41) is 11.7. The Labute approximate surface area is 119 Å². The van der Waals surface area contributed by atoms with E-state index in [-0.39, 0.29) is 0 Å². The third kappa shape index (κ3) is 3.32. The van der Waals surface area contributed by atoms with Crippen LogP contribution in [-0.2, 0) is 17.3 Å². The summed E-state index contributed by atoms with van der Waals surface area (Å²) in [6.07, 6.45) is 2.43. The summed E-state index contributed by atoms with van der Waals surface area (Å²) in [5.41, 5.74) is 7.13. The average Bonchev–Trinajstić information content (AvgIpc) is 2.86. The van der Waals surface area contributed by atoms with Gasteiger partial charge in [0.1, 0.15) is 5.75 Å². The highest BCUT2D eigenvalue weighted by Crippen LogP contribution is 2.29. The Morgan fingerprint density at radius 2 is 2.25 bits per heavy atom. The number of hydrogen-bond acceptors (Lipinski definition) is 6. The van der Waals surface area contributed by atoms with Crippen LogP contribution in [0.4, 0.5) is 5.69 Å². The number of methoxy groups -OCH3 is 1. The molecule has 2 N–H and O–H groups in total. The molecule has 0 saturated carbocycles. The number of ether oxygens (including phenoxy) is 1. The molecule has 0 spiro atoms. The molecule has 0 amide bonds. The minimum Gasteiger partial charge on any atom is -0.496 e. The summed E-state index contributed by atoms with van der Waals surface area (Å²) < 4.78 is 18.1. The number of hydrogen-bond donors (Lipinski definition) is 1. The van der Waals surface area contributed by atoms with E-state index in [2.05, 4.69) is 15.5 Å². The SMILES string of the molecule is COc1cc(N)ccc1-c1nnnn1CCCS(C)=O. The lowest BCUT2D eigenvalue weighted by atomic mass is 10.1. The van der Waals surface area contributed by atoms with E-state index in [1.54, 1.807) is 30.2 Å². The number of anilines is 1. The van der Waals surface area contributed by atoms with Crippen LogP contribution in [0.25, 0.3) is 11.4 Å². The molecule has 2 rings (SSSR count). The van der Waals surface area contributed by atoms with Crippen molar-refractivity contribution in [2.24, 2.45) is 0 Å². The molecule has 20 heavy (non-hydrogen) atoms. The van der Waals surface area contributed by atoms with E-state index in [9.17, 15) is 4.21 Å². The van der Waals surface area contributed by atoms with E-state index in [0.717, 1.165) is 12.0 Å². The molecule has 0 radical (unpaired) electrons. The van der Waals surface area contributed by atoms with Crippen LogP contribution < -0.4 is 10.5 Å². The lowest BCUT2D eigenvalue weighted by Gasteiger charge is -2.09. The molecule has 0 saturated heterocycles. The Morgan fingerprint density at radius 1 is 1.45 bits per heavy atom. The normalized spacial score (nSPS) is 12.3. The van der Waals surface area contributed by atoms with Crippen molar-refractivity contribution in [1.82, 2.24) is 20.2 Å². The van der Waals surface area contributed by atoms with Crippen LogP contribution in [0.1, 0.15) is 6.42 Å². The zero-order valence-corrected chi connectivity index (χ0v) is 12.3. The van der Waals surface area contributed by atoms with Gasteiger partial charge in [0, 0.05) is 41.1 Å². The van der Waals surface area contributed by atoms with Crippen molar-refractivity contribution >= 4 is 16.5 Å². The number of rotatable bonds is 6. The number of benzene rings is 1.